The maximum Gasteiger partial charge on any atom is 2.00 e. The minimum Gasteiger partial charge on any atom is -0.870 e. The number of carbonyl (C=O) groups is 1. The fourth-order valence-corrected chi connectivity index (χ4v) is 0.581. The summed E-state index contributed by atoms with van der Waals surface area (Å²) in [6.07, 6.45) is 1.95. The van der Waals surface area contributed by atoms with E-state index in [0.717, 1.165) is 0 Å². The first-order valence-electron chi connectivity index (χ1n) is 2.51. The summed E-state index contributed by atoms with van der Waals surface area (Å²) in [4.78, 5) is 10.0. The van der Waals surface area contributed by atoms with Crippen molar-refractivity contribution in [3.05, 3.63) is 23.7 Å². The molecule has 0 aliphatic heterocycles. The number of aliphatic hydroxyl groups excluding tert-OH is 1. The first kappa shape index (κ1) is 18.0. The largest absolute Gasteiger partial charge is 2.00 e. The Kier molecular flexibility index (Phi) is 13.8. The van der Waals surface area contributed by atoms with Gasteiger partial charge in [0.2, 0.25) is 0 Å². The number of hydrogen-bond donors (Lipinski definition) is 1. The molecule has 1 heterocycles. The molecule has 0 fully saturated rings. The standard InChI is InChI=1S/C6H6O3.Ca.2H2O/c7-3-5-1-2-9-6(5)4-8;;;/h1-2,4,7H,3H2;;2*1H2/q;+2;;/p-2. The maximum absolute atomic E-state index is 10.0. The number of aldehydes is 1. The Morgan fingerprint density at radius 2 is 2.08 bits per heavy atom. The quantitative estimate of drug-likeness (QED) is 0.527. The third-order valence-corrected chi connectivity index (χ3v) is 1.06. The molecule has 0 saturated heterocycles. The molecule has 0 aromatic carbocycles. The Hall–Kier alpha value is 0.0897. The number of rotatable bonds is 2. The molecular weight excluding hydrogens is 192 g/mol. The molecule has 0 spiro atoms. The first-order valence-corrected chi connectivity index (χ1v) is 2.51. The number of carbonyl (C=O) groups excluding carboxylic acids is 1. The normalized spacial score (nSPS) is 7.08. The van der Waals surface area contributed by atoms with E-state index in [4.69, 9.17) is 5.11 Å². The van der Waals surface area contributed by atoms with Crippen LogP contribution in [0.25, 0.3) is 0 Å². The van der Waals surface area contributed by atoms with Crippen LogP contribution < -0.4 is 0 Å². The third kappa shape index (κ3) is 4.20. The zero-order chi connectivity index (χ0) is 6.69. The van der Waals surface area contributed by atoms with Crippen molar-refractivity contribution >= 4 is 44.0 Å². The second kappa shape index (κ2) is 9.18. The Morgan fingerprint density at radius 1 is 1.50 bits per heavy atom. The summed E-state index contributed by atoms with van der Waals surface area (Å²) >= 11 is 0. The Balaban J connectivity index is -0.000000270. The van der Waals surface area contributed by atoms with Crippen LogP contribution in [-0.4, -0.2) is 60.1 Å². The van der Waals surface area contributed by atoms with Gasteiger partial charge in [0, 0.05) is 5.56 Å². The average Bonchev–Trinajstić information content (AvgIpc) is 2.33. The van der Waals surface area contributed by atoms with Crippen molar-refractivity contribution in [1.29, 1.82) is 0 Å². The van der Waals surface area contributed by atoms with Gasteiger partial charge in [-0.15, -0.1) is 0 Å². The number of aliphatic hydroxyl groups is 1. The van der Waals surface area contributed by atoms with E-state index in [1.807, 2.05) is 0 Å². The Bertz CT molecular complexity index is 209. The predicted octanol–water partition coefficient (Wildman–Crippen LogP) is -0.150. The van der Waals surface area contributed by atoms with Gasteiger partial charge in [0.25, 0.3) is 0 Å². The third-order valence-electron chi connectivity index (χ3n) is 1.06. The number of hydrogen-bond acceptors (Lipinski definition) is 5. The van der Waals surface area contributed by atoms with Crippen molar-refractivity contribution in [2.75, 3.05) is 0 Å². The van der Waals surface area contributed by atoms with E-state index in [0.29, 0.717) is 11.8 Å². The molecule has 0 bridgehead atoms. The fourth-order valence-electron chi connectivity index (χ4n) is 0.581. The van der Waals surface area contributed by atoms with Gasteiger partial charge in [-0.25, -0.2) is 0 Å². The zero-order valence-corrected chi connectivity index (χ0v) is 8.51. The molecule has 5 nitrogen and oxygen atoms in total. The van der Waals surface area contributed by atoms with Gasteiger partial charge in [0.1, 0.15) is 0 Å². The summed E-state index contributed by atoms with van der Waals surface area (Å²) < 4.78 is 4.68. The molecule has 0 aliphatic carbocycles. The molecule has 6 heteroatoms. The molecule has 0 amide bonds. The van der Waals surface area contributed by atoms with Crippen molar-refractivity contribution in [2.45, 2.75) is 6.61 Å². The van der Waals surface area contributed by atoms with Gasteiger partial charge in [-0.1, -0.05) is 0 Å². The molecule has 0 unspecified atom stereocenters. The van der Waals surface area contributed by atoms with Crippen molar-refractivity contribution in [1.82, 2.24) is 0 Å². The van der Waals surface area contributed by atoms with Gasteiger partial charge in [0.05, 0.1) is 12.9 Å². The monoisotopic (exact) mass is 200 g/mol. The van der Waals surface area contributed by atoms with Crippen LogP contribution in [0.2, 0.25) is 0 Å². The Morgan fingerprint density at radius 3 is 2.42 bits per heavy atom. The van der Waals surface area contributed by atoms with Crippen molar-refractivity contribution in [2.24, 2.45) is 0 Å². The van der Waals surface area contributed by atoms with Gasteiger partial charge in [-0.05, 0) is 6.07 Å². The minimum atomic E-state index is -0.148. The van der Waals surface area contributed by atoms with E-state index >= 15 is 0 Å². The topological polar surface area (TPSA) is 110 Å². The van der Waals surface area contributed by atoms with Gasteiger partial charge in [0.15, 0.2) is 12.0 Å². The van der Waals surface area contributed by atoms with E-state index in [9.17, 15) is 4.79 Å². The molecule has 64 valence electrons. The summed E-state index contributed by atoms with van der Waals surface area (Å²) in [5.41, 5.74) is 0.532. The Labute approximate surface area is 99.0 Å². The van der Waals surface area contributed by atoms with Crippen molar-refractivity contribution in [3.8, 4) is 0 Å². The summed E-state index contributed by atoms with van der Waals surface area (Å²) in [6.45, 7) is -0.148. The molecule has 1 rings (SSSR count). The van der Waals surface area contributed by atoms with Crippen LogP contribution >= 0.6 is 0 Å². The molecule has 12 heavy (non-hydrogen) atoms. The number of furan rings is 1. The van der Waals surface area contributed by atoms with E-state index in [1.54, 1.807) is 6.07 Å². The molecule has 1 aromatic heterocycles. The van der Waals surface area contributed by atoms with Crippen LogP contribution in [0, 0.1) is 0 Å². The fraction of sp³-hybridized carbons (Fsp3) is 0.167. The van der Waals surface area contributed by atoms with E-state index in [-0.39, 0.29) is 61.1 Å². The van der Waals surface area contributed by atoms with Crippen LogP contribution in [0.3, 0.4) is 0 Å². The minimum absolute atomic E-state index is 0. The van der Waals surface area contributed by atoms with E-state index in [2.05, 4.69) is 4.42 Å². The summed E-state index contributed by atoms with van der Waals surface area (Å²) in [5.74, 6) is 0.206. The predicted molar refractivity (Wildman–Crippen MR) is 39.6 cm³/mol. The molecule has 0 radical (unpaired) electrons. The SMILES string of the molecule is O=Cc1occc1CO.[Ca+2].[OH-].[OH-]. The molecule has 1 aromatic rings. The van der Waals surface area contributed by atoms with Crippen LogP contribution in [-0.2, 0) is 6.61 Å². The summed E-state index contributed by atoms with van der Waals surface area (Å²) in [7, 11) is 0. The molecule has 3 N–H and O–H groups in total. The second-order valence-electron chi connectivity index (χ2n) is 1.59. The van der Waals surface area contributed by atoms with Crippen molar-refractivity contribution in [3.63, 3.8) is 0 Å². The molecular formula is C6H8CaO5. The van der Waals surface area contributed by atoms with Gasteiger partial charge in [-0.2, -0.15) is 0 Å². The molecule has 0 atom stereocenters. The summed E-state index contributed by atoms with van der Waals surface area (Å²) in [5, 5.41) is 8.52. The van der Waals surface area contributed by atoms with Crippen LogP contribution in [0.5, 0.6) is 0 Å². The zero-order valence-electron chi connectivity index (χ0n) is 6.30. The van der Waals surface area contributed by atoms with Crippen molar-refractivity contribution < 1.29 is 25.3 Å². The van der Waals surface area contributed by atoms with Crippen LogP contribution in [0.15, 0.2) is 16.7 Å². The van der Waals surface area contributed by atoms with Crippen LogP contribution in [0.4, 0.5) is 0 Å². The molecule has 0 saturated carbocycles. The molecule has 0 aliphatic rings. The van der Waals surface area contributed by atoms with E-state index in [1.165, 1.54) is 6.26 Å². The average molecular weight is 200 g/mol. The second-order valence-corrected chi connectivity index (χ2v) is 1.59. The first-order chi connectivity index (χ1) is 4.38. The maximum atomic E-state index is 10.0. The van der Waals surface area contributed by atoms with Crippen LogP contribution in [0.1, 0.15) is 16.1 Å². The van der Waals surface area contributed by atoms with Gasteiger partial charge < -0.3 is 20.5 Å². The summed E-state index contributed by atoms with van der Waals surface area (Å²) in [6, 6.07) is 1.56. The smallest absolute Gasteiger partial charge is 0.870 e. The van der Waals surface area contributed by atoms with E-state index < -0.39 is 0 Å². The van der Waals surface area contributed by atoms with Gasteiger partial charge >= 0.3 is 37.7 Å². The van der Waals surface area contributed by atoms with Gasteiger partial charge in [-0.3, -0.25) is 4.79 Å².